The van der Waals surface area contributed by atoms with Crippen molar-refractivity contribution < 1.29 is 33.8 Å². The Morgan fingerprint density at radius 2 is 1.64 bits per heavy atom. The van der Waals surface area contributed by atoms with Crippen LogP contribution in [0.1, 0.15) is 19.3 Å². The molecule has 5 N–H and O–H groups in total. The Morgan fingerprint density at radius 1 is 0.955 bits per heavy atom. The van der Waals surface area contributed by atoms with E-state index in [0.29, 0.717) is 32.7 Å². The van der Waals surface area contributed by atoms with Gasteiger partial charge in [-0.15, -0.1) is 0 Å². The van der Waals surface area contributed by atoms with Crippen LogP contribution in [0.15, 0.2) is 0 Å². The molecule has 0 bridgehead atoms. The standard InChI is InChI=1S/C12H23N3O7/c13-22-9-15-10(16)2-1-4-20-6-7-21-5-3-14-11(17)8-12(18)19/h1-9,13H2,(H,14,17)(H,15,16)(H,18,19). The summed E-state index contributed by atoms with van der Waals surface area (Å²) < 4.78 is 10.4. The first kappa shape index (κ1) is 20.2. The minimum absolute atomic E-state index is 0.0173. The number of amides is 2. The van der Waals surface area contributed by atoms with Crippen LogP contribution < -0.4 is 16.5 Å². The monoisotopic (exact) mass is 321 g/mol. The van der Waals surface area contributed by atoms with E-state index in [1.165, 1.54) is 0 Å². The molecule has 2 amide bonds. The van der Waals surface area contributed by atoms with Crippen molar-refractivity contribution in [3.8, 4) is 0 Å². The van der Waals surface area contributed by atoms with Gasteiger partial charge in [-0.25, -0.2) is 5.90 Å². The number of nitrogens with one attached hydrogen (secondary N) is 2. The van der Waals surface area contributed by atoms with Crippen LogP contribution in [0.4, 0.5) is 0 Å². The third kappa shape index (κ3) is 14.7. The Morgan fingerprint density at radius 3 is 2.27 bits per heavy atom. The zero-order valence-electron chi connectivity index (χ0n) is 12.3. The molecule has 0 radical (unpaired) electrons. The first-order valence-corrected chi connectivity index (χ1v) is 6.78. The molecular formula is C12H23N3O7. The number of carbonyl (C=O) groups excluding carboxylic acids is 2. The van der Waals surface area contributed by atoms with Crippen molar-refractivity contribution in [3.63, 3.8) is 0 Å². The van der Waals surface area contributed by atoms with Gasteiger partial charge in [0.15, 0.2) is 0 Å². The molecule has 10 nitrogen and oxygen atoms in total. The maximum absolute atomic E-state index is 11.1. The fourth-order valence-corrected chi connectivity index (χ4v) is 1.33. The average molecular weight is 321 g/mol. The lowest BCUT2D eigenvalue weighted by Gasteiger charge is -2.07. The Bertz CT molecular complexity index is 339. The highest BCUT2D eigenvalue weighted by Gasteiger charge is 2.05. The van der Waals surface area contributed by atoms with Gasteiger partial charge >= 0.3 is 5.97 Å². The lowest BCUT2D eigenvalue weighted by molar-refractivity contribution is -0.140. The van der Waals surface area contributed by atoms with Crippen LogP contribution in [0.3, 0.4) is 0 Å². The number of carbonyl (C=O) groups is 3. The minimum Gasteiger partial charge on any atom is -0.481 e. The van der Waals surface area contributed by atoms with Crippen molar-refractivity contribution in [1.82, 2.24) is 10.6 Å². The second-order valence-corrected chi connectivity index (χ2v) is 4.16. The molecule has 0 fully saturated rings. The van der Waals surface area contributed by atoms with E-state index in [0.717, 1.165) is 0 Å². The maximum Gasteiger partial charge on any atom is 0.312 e. The van der Waals surface area contributed by atoms with E-state index in [1.807, 2.05) is 0 Å². The van der Waals surface area contributed by atoms with Crippen molar-refractivity contribution in [2.75, 3.05) is 39.7 Å². The SMILES string of the molecule is NOCNC(=O)CCCOCCOCCNC(=O)CC(=O)O. The number of rotatable bonds is 14. The summed E-state index contributed by atoms with van der Waals surface area (Å²) in [4.78, 5) is 36.5. The summed E-state index contributed by atoms with van der Waals surface area (Å²) in [5, 5.41) is 13.2. The topological polar surface area (TPSA) is 149 Å². The molecule has 0 aliphatic heterocycles. The van der Waals surface area contributed by atoms with Crippen LogP contribution in [0, 0.1) is 0 Å². The summed E-state index contributed by atoms with van der Waals surface area (Å²) in [7, 11) is 0. The van der Waals surface area contributed by atoms with Crippen LogP contribution >= 0.6 is 0 Å². The number of hydrogen-bond acceptors (Lipinski definition) is 7. The lowest BCUT2D eigenvalue weighted by atomic mass is 10.3. The quantitative estimate of drug-likeness (QED) is 0.129. The van der Waals surface area contributed by atoms with Gasteiger partial charge in [0.1, 0.15) is 13.2 Å². The van der Waals surface area contributed by atoms with E-state index in [-0.39, 0.29) is 25.8 Å². The zero-order chi connectivity index (χ0) is 16.6. The van der Waals surface area contributed by atoms with Crippen molar-refractivity contribution in [3.05, 3.63) is 0 Å². The Balaban J connectivity index is 3.22. The Kier molecular flexibility index (Phi) is 13.1. The number of hydrogen-bond donors (Lipinski definition) is 4. The van der Waals surface area contributed by atoms with Gasteiger partial charge in [-0.1, -0.05) is 0 Å². The molecule has 0 saturated carbocycles. The maximum atomic E-state index is 11.1. The molecule has 10 heteroatoms. The first-order valence-electron chi connectivity index (χ1n) is 6.78. The molecular weight excluding hydrogens is 298 g/mol. The molecule has 0 aromatic carbocycles. The summed E-state index contributed by atoms with van der Waals surface area (Å²) in [6.45, 7) is 1.65. The molecule has 0 spiro atoms. The highest BCUT2D eigenvalue weighted by Crippen LogP contribution is 1.90. The summed E-state index contributed by atoms with van der Waals surface area (Å²) in [5.41, 5.74) is 0. The highest BCUT2D eigenvalue weighted by atomic mass is 16.6. The summed E-state index contributed by atoms with van der Waals surface area (Å²) in [6, 6.07) is 0. The van der Waals surface area contributed by atoms with Gasteiger partial charge in [-0.05, 0) is 6.42 Å². The van der Waals surface area contributed by atoms with Crippen LogP contribution in [-0.2, 0) is 28.7 Å². The summed E-state index contributed by atoms with van der Waals surface area (Å²) in [5.74, 6) is 2.87. The number of ether oxygens (including phenoxy) is 2. The zero-order valence-corrected chi connectivity index (χ0v) is 12.3. The van der Waals surface area contributed by atoms with Crippen molar-refractivity contribution in [2.24, 2.45) is 5.90 Å². The largest absolute Gasteiger partial charge is 0.481 e. The first-order chi connectivity index (χ1) is 10.6. The number of carboxylic acid groups (broad SMARTS) is 1. The molecule has 128 valence electrons. The summed E-state index contributed by atoms with van der Waals surface area (Å²) >= 11 is 0. The fourth-order valence-electron chi connectivity index (χ4n) is 1.33. The average Bonchev–Trinajstić information content (AvgIpc) is 2.46. The predicted molar refractivity (Wildman–Crippen MR) is 74.4 cm³/mol. The van der Waals surface area contributed by atoms with Crippen LogP contribution in [0.5, 0.6) is 0 Å². The van der Waals surface area contributed by atoms with Gasteiger partial charge in [0.05, 0.1) is 19.8 Å². The van der Waals surface area contributed by atoms with Crippen LogP contribution in [0.2, 0.25) is 0 Å². The van der Waals surface area contributed by atoms with E-state index >= 15 is 0 Å². The van der Waals surface area contributed by atoms with Crippen LogP contribution in [0.25, 0.3) is 0 Å². The summed E-state index contributed by atoms with van der Waals surface area (Å²) in [6.07, 6.45) is 0.343. The third-order valence-corrected chi connectivity index (χ3v) is 2.30. The molecule has 0 saturated heterocycles. The van der Waals surface area contributed by atoms with E-state index in [4.69, 9.17) is 20.5 Å². The van der Waals surface area contributed by atoms with E-state index in [1.54, 1.807) is 0 Å². The smallest absolute Gasteiger partial charge is 0.312 e. The van der Waals surface area contributed by atoms with Gasteiger partial charge in [-0.3, -0.25) is 19.2 Å². The van der Waals surface area contributed by atoms with Gasteiger partial charge < -0.3 is 25.2 Å². The van der Waals surface area contributed by atoms with Gasteiger partial charge in [0.2, 0.25) is 11.8 Å². The van der Waals surface area contributed by atoms with Crippen LogP contribution in [-0.4, -0.2) is 62.6 Å². The number of carboxylic acids is 1. The van der Waals surface area contributed by atoms with E-state index in [2.05, 4.69) is 15.5 Å². The minimum atomic E-state index is -1.17. The molecule has 22 heavy (non-hydrogen) atoms. The molecule has 0 aromatic rings. The van der Waals surface area contributed by atoms with Crippen molar-refractivity contribution in [1.29, 1.82) is 0 Å². The predicted octanol–water partition coefficient (Wildman–Crippen LogP) is -1.65. The normalized spacial score (nSPS) is 10.2. The second-order valence-electron chi connectivity index (χ2n) is 4.16. The molecule has 0 unspecified atom stereocenters. The Hall–Kier alpha value is -1.75. The van der Waals surface area contributed by atoms with E-state index < -0.39 is 18.3 Å². The van der Waals surface area contributed by atoms with Crippen molar-refractivity contribution >= 4 is 17.8 Å². The Labute approximate surface area is 128 Å². The van der Waals surface area contributed by atoms with Gasteiger partial charge in [-0.2, -0.15) is 0 Å². The molecule has 0 heterocycles. The lowest BCUT2D eigenvalue weighted by Crippen LogP contribution is -2.29. The molecule has 0 atom stereocenters. The molecule has 0 aromatic heterocycles. The number of aliphatic carboxylic acids is 1. The van der Waals surface area contributed by atoms with Crippen molar-refractivity contribution in [2.45, 2.75) is 19.3 Å². The fraction of sp³-hybridized carbons (Fsp3) is 0.750. The van der Waals surface area contributed by atoms with Gasteiger partial charge in [0, 0.05) is 19.6 Å². The highest BCUT2D eigenvalue weighted by molar-refractivity contribution is 5.93. The van der Waals surface area contributed by atoms with E-state index in [9.17, 15) is 14.4 Å². The molecule has 0 aliphatic carbocycles. The number of nitrogens with two attached hydrogens (primary N) is 1. The molecule has 0 aliphatic rings. The van der Waals surface area contributed by atoms with Gasteiger partial charge in [0.25, 0.3) is 0 Å². The molecule has 0 rings (SSSR count). The second kappa shape index (κ2) is 14.2. The third-order valence-electron chi connectivity index (χ3n) is 2.30.